The minimum atomic E-state index is -0.0825. The molecule has 5 heteroatoms. The maximum absolute atomic E-state index is 12.3. The van der Waals surface area contributed by atoms with Crippen LogP contribution in [0.5, 0.6) is 5.75 Å². The molecule has 0 atom stereocenters. The Hall–Kier alpha value is -1.75. The van der Waals surface area contributed by atoms with Crippen molar-refractivity contribution in [3.8, 4) is 5.75 Å². The maximum atomic E-state index is 12.3. The van der Waals surface area contributed by atoms with Crippen molar-refractivity contribution in [3.05, 3.63) is 23.8 Å². The first-order valence-electron chi connectivity index (χ1n) is 6.40. The van der Waals surface area contributed by atoms with E-state index in [0.717, 1.165) is 19.3 Å². The smallest absolute Gasteiger partial charge is 0.257 e. The number of carbonyl (C=O) groups is 1. The fourth-order valence-corrected chi connectivity index (χ4v) is 1.83. The Balaban J connectivity index is 2.66. The highest BCUT2D eigenvalue weighted by Crippen LogP contribution is 2.22. The molecule has 0 fully saturated rings. The highest BCUT2D eigenvalue weighted by molar-refractivity contribution is 5.97. The summed E-state index contributed by atoms with van der Waals surface area (Å²) in [6.45, 7) is 0.857. The van der Waals surface area contributed by atoms with Crippen molar-refractivity contribution in [2.75, 3.05) is 33.0 Å². The third-order valence-electron chi connectivity index (χ3n) is 2.95. The van der Waals surface area contributed by atoms with Crippen LogP contribution in [-0.4, -0.2) is 43.2 Å². The first-order valence-corrected chi connectivity index (χ1v) is 6.40. The second-order valence-corrected chi connectivity index (χ2v) is 4.47. The zero-order valence-corrected chi connectivity index (χ0v) is 11.6. The molecule has 0 aromatic heterocycles. The van der Waals surface area contributed by atoms with E-state index in [1.54, 1.807) is 30.1 Å². The van der Waals surface area contributed by atoms with Gasteiger partial charge in [0, 0.05) is 32.0 Å². The predicted molar refractivity (Wildman–Crippen MR) is 75.3 cm³/mol. The average Bonchev–Trinajstić information content (AvgIpc) is 2.42. The molecule has 0 spiro atoms. The molecule has 0 aliphatic carbocycles. The van der Waals surface area contributed by atoms with Gasteiger partial charge in [0.1, 0.15) is 5.75 Å². The predicted octanol–water partition coefficient (Wildman–Crippen LogP) is 1.51. The van der Waals surface area contributed by atoms with E-state index in [1.807, 2.05) is 0 Å². The highest BCUT2D eigenvalue weighted by atomic mass is 16.5. The van der Waals surface area contributed by atoms with E-state index in [-0.39, 0.29) is 12.5 Å². The first-order chi connectivity index (χ1) is 9.10. The van der Waals surface area contributed by atoms with Crippen molar-refractivity contribution < 1.29 is 14.6 Å². The number of aliphatic hydroxyl groups excluding tert-OH is 1. The van der Waals surface area contributed by atoms with Crippen LogP contribution >= 0.6 is 0 Å². The summed E-state index contributed by atoms with van der Waals surface area (Å²) in [7, 11) is 3.28. The third kappa shape index (κ3) is 4.44. The molecule has 1 amide bonds. The topological polar surface area (TPSA) is 75.8 Å². The third-order valence-corrected chi connectivity index (χ3v) is 2.95. The van der Waals surface area contributed by atoms with Gasteiger partial charge in [0.2, 0.25) is 0 Å². The van der Waals surface area contributed by atoms with E-state index in [1.165, 1.54) is 7.11 Å². The molecule has 1 aromatic carbocycles. The van der Waals surface area contributed by atoms with E-state index in [9.17, 15) is 4.79 Å². The largest absolute Gasteiger partial charge is 0.496 e. The van der Waals surface area contributed by atoms with Crippen molar-refractivity contribution in [1.29, 1.82) is 0 Å². The number of nitrogens with two attached hydrogens (primary N) is 1. The number of anilines is 1. The fraction of sp³-hybridized carbons (Fsp3) is 0.500. The Morgan fingerprint density at radius 1 is 1.37 bits per heavy atom. The molecule has 0 aliphatic heterocycles. The molecule has 0 aliphatic rings. The van der Waals surface area contributed by atoms with E-state index in [2.05, 4.69) is 0 Å². The standard InChI is InChI=1S/C14H22N2O3/c1-16(8-4-3-5-9-17)14(18)12-7-6-11(15)10-13(12)19-2/h6-7,10,17H,3-5,8-9,15H2,1-2H3. The van der Waals surface area contributed by atoms with Crippen LogP contribution in [-0.2, 0) is 0 Å². The van der Waals surface area contributed by atoms with Gasteiger partial charge in [-0.1, -0.05) is 0 Å². The minimum absolute atomic E-state index is 0.0825. The molecule has 0 unspecified atom stereocenters. The molecule has 1 rings (SSSR count). The molecule has 0 saturated heterocycles. The Morgan fingerprint density at radius 2 is 2.11 bits per heavy atom. The molecule has 3 N–H and O–H groups in total. The number of unbranched alkanes of at least 4 members (excludes halogenated alkanes) is 2. The second-order valence-electron chi connectivity index (χ2n) is 4.47. The Bertz CT molecular complexity index is 421. The Kier molecular flexibility index (Phi) is 6.15. The first kappa shape index (κ1) is 15.3. The van der Waals surface area contributed by atoms with Crippen LogP contribution in [0.3, 0.4) is 0 Å². The molecule has 0 radical (unpaired) electrons. The number of nitrogen functional groups attached to an aromatic ring is 1. The van der Waals surface area contributed by atoms with E-state index in [4.69, 9.17) is 15.6 Å². The van der Waals surface area contributed by atoms with Gasteiger partial charge in [-0.25, -0.2) is 0 Å². The van der Waals surface area contributed by atoms with E-state index < -0.39 is 0 Å². The molecule has 0 saturated carbocycles. The number of rotatable bonds is 7. The normalized spacial score (nSPS) is 10.3. The molecule has 1 aromatic rings. The van der Waals surface area contributed by atoms with Crippen LogP contribution in [0.2, 0.25) is 0 Å². The summed E-state index contributed by atoms with van der Waals surface area (Å²) < 4.78 is 5.18. The van der Waals surface area contributed by atoms with Crippen LogP contribution < -0.4 is 10.5 Å². The number of hydrogen-bond acceptors (Lipinski definition) is 4. The van der Waals surface area contributed by atoms with Crippen molar-refractivity contribution in [3.63, 3.8) is 0 Å². The van der Waals surface area contributed by atoms with Crippen LogP contribution in [0.4, 0.5) is 5.69 Å². The number of methoxy groups -OCH3 is 1. The highest BCUT2D eigenvalue weighted by Gasteiger charge is 2.16. The lowest BCUT2D eigenvalue weighted by Gasteiger charge is -2.18. The number of ether oxygens (including phenoxy) is 1. The van der Waals surface area contributed by atoms with Gasteiger partial charge < -0.3 is 20.5 Å². The van der Waals surface area contributed by atoms with Crippen molar-refractivity contribution in [2.24, 2.45) is 0 Å². The zero-order chi connectivity index (χ0) is 14.3. The summed E-state index contributed by atoms with van der Waals surface area (Å²) in [6, 6.07) is 5.02. The number of benzene rings is 1. The Labute approximate surface area is 114 Å². The molecular weight excluding hydrogens is 244 g/mol. The van der Waals surface area contributed by atoms with Gasteiger partial charge in [0.25, 0.3) is 5.91 Å². The van der Waals surface area contributed by atoms with Crippen molar-refractivity contribution in [2.45, 2.75) is 19.3 Å². The summed E-state index contributed by atoms with van der Waals surface area (Å²) in [6.07, 6.45) is 2.56. The number of nitrogens with zero attached hydrogens (tertiary/aromatic N) is 1. The van der Waals surface area contributed by atoms with E-state index >= 15 is 0 Å². The summed E-state index contributed by atoms with van der Waals surface area (Å²) in [5.74, 6) is 0.410. The monoisotopic (exact) mass is 266 g/mol. The SMILES string of the molecule is COc1cc(N)ccc1C(=O)N(C)CCCCCO. The van der Waals surface area contributed by atoms with Gasteiger partial charge in [0.05, 0.1) is 12.7 Å². The van der Waals surface area contributed by atoms with Gasteiger partial charge >= 0.3 is 0 Å². The van der Waals surface area contributed by atoms with Gasteiger partial charge in [-0.3, -0.25) is 4.79 Å². The molecule has 106 valence electrons. The van der Waals surface area contributed by atoms with Gasteiger partial charge in [0.15, 0.2) is 0 Å². The van der Waals surface area contributed by atoms with Crippen molar-refractivity contribution in [1.82, 2.24) is 4.90 Å². The van der Waals surface area contributed by atoms with Crippen molar-refractivity contribution >= 4 is 11.6 Å². The summed E-state index contributed by atoms with van der Waals surface area (Å²) in [4.78, 5) is 13.9. The number of hydrogen-bond donors (Lipinski definition) is 2. The lowest BCUT2D eigenvalue weighted by atomic mass is 10.1. The van der Waals surface area contributed by atoms with Crippen LogP contribution in [0.25, 0.3) is 0 Å². The lowest BCUT2D eigenvalue weighted by Crippen LogP contribution is -2.28. The Morgan fingerprint density at radius 3 is 2.74 bits per heavy atom. The number of amides is 1. The molecular formula is C14H22N2O3. The van der Waals surface area contributed by atoms with Crippen LogP contribution in [0.15, 0.2) is 18.2 Å². The summed E-state index contributed by atoms with van der Waals surface area (Å²) in [5, 5.41) is 8.70. The fourth-order valence-electron chi connectivity index (χ4n) is 1.83. The molecule has 19 heavy (non-hydrogen) atoms. The van der Waals surface area contributed by atoms with Gasteiger partial charge in [-0.15, -0.1) is 0 Å². The van der Waals surface area contributed by atoms with Gasteiger partial charge in [-0.05, 0) is 31.4 Å². The quantitative estimate of drug-likeness (QED) is 0.579. The van der Waals surface area contributed by atoms with Crippen LogP contribution in [0, 0.1) is 0 Å². The number of aliphatic hydroxyl groups is 1. The summed E-state index contributed by atoms with van der Waals surface area (Å²) >= 11 is 0. The average molecular weight is 266 g/mol. The van der Waals surface area contributed by atoms with Gasteiger partial charge in [-0.2, -0.15) is 0 Å². The molecule has 0 heterocycles. The minimum Gasteiger partial charge on any atom is -0.496 e. The molecule has 5 nitrogen and oxygen atoms in total. The second kappa shape index (κ2) is 7.63. The van der Waals surface area contributed by atoms with E-state index in [0.29, 0.717) is 23.5 Å². The van der Waals surface area contributed by atoms with Crippen LogP contribution in [0.1, 0.15) is 29.6 Å². The summed E-state index contributed by atoms with van der Waals surface area (Å²) in [5.41, 5.74) is 6.75. The zero-order valence-electron chi connectivity index (χ0n) is 11.6. The lowest BCUT2D eigenvalue weighted by molar-refractivity contribution is 0.0789. The molecule has 0 bridgehead atoms. The number of carbonyl (C=O) groups excluding carboxylic acids is 1. The maximum Gasteiger partial charge on any atom is 0.257 e.